The van der Waals surface area contributed by atoms with Crippen LogP contribution in [0.4, 0.5) is 0 Å². The molecule has 3 rings (SSSR count). The van der Waals surface area contributed by atoms with Gasteiger partial charge in [-0.25, -0.2) is 12.7 Å². The summed E-state index contributed by atoms with van der Waals surface area (Å²) in [7, 11) is -3.63. The molecule has 4 nitrogen and oxygen atoms in total. The van der Waals surface area contributed by atoms with Gasteiger partial charge in [0.05, 0.1) is 18.0 Å². The maximum Gasteiger partial charge on any atom is 0.265 e. The molecule has 1 aliphatic heterocycles. The zero-order valence-electron chi connectivity index (χ0n) is 12.0. The number of sulfonamides is 1. The highest BCUT2D eigenvalue weighted by Crippen LogP contribution is 2.25. The molecule has 22 heavy (non-hydrogen) atoms. The first kappa shape index (κ1) is 15.1. The Labute approximate surface area is 135 Å². The molecule has 0 spiro atoms. The molecular formula is C16H15ClN2O2S. The van der Waals surface area contributed by atoms with Crippen molar-refractivity contribution in [3.63, 3.8) is 0 Å². The zero-order chi connectivity index (χ0) is 15.7. The van der Waals surface area contributed by atoms with Crippen LogP contribution in [0.3, 0.4) is 0 Å². The maximum atomic E-state index is 12.9. The quantitative estimate of drug-likeness (QED) is 0.866. The molecule has 0 aromatic heterocycles. The Kier molecular flexibility index (Phi) is 3.93. The fraction of sp³-hybridized carbons (Fsp3) is 0.188. The minimum absolute atomic E-state index is 0.236. The second-order valence-corrected chi connectivity index (χ2v) is 7.33. The summed E-state index contributed by atoms with van der Waals surface area (Å²) < 4.78 is 27.1. The molecule has 1 heterocycles. The van der Waals surface area contributed by atoms with Crippen molar-refractivity contribution < 1.29 is 8.42 Å². The summed E-state index contributed by atoms with van der Waals surface area (Å²) in [5, 5.41) is 0.553. The van der Waals surface area contributed by atoms with Crippen molar-refractivity contribution in [3.05, 3.63) is 64.7 Å². The monoisotopic (exact) mass is 334 g/mol. The van der Waals surface area contributed by atoms with E-state index in [4.69, 9.17) is 11.6 Å². The van der Waals surface area contributed by atoms with E-state index in [9.17, 15) is 8.42 Å². The van der Waals surface area contributed by atoms with Gasteiger partial charge in [0.2, 0.25) is 0 Å². The topological polar surface area (TPSA) is 49.7 Å². The molecule has 114 valence electrons. The fourth-order valence-corrected chi connectivity index (χ4v) is 4.04. The van der Waals surface area contributed by atoms with Gasteiger partial charge in [0.15, 0.2) is 0 Å². The fourth-order valence-electron chi connectivity index (χ4n) is 2.39. The lowest BCUT2D eigenvalue weighted by Gasteiger charge is -2.21. The van der Waals surface area contributed by atoms with E-state index in [0.29, 0.717) is 23.9 Å². The third-order valence-electron chi connectivity index (χ3n) is 3.55. The molecule has 0 saturated carbocycles. The summed E-state index contributed by atoms with van der Waals surface area (Å²) >= 11 is 5.98. The van der Waals surface area contributed by atoms with Crippen LogP contribution in [0.25, 0.3) is 0 Å². The number of amidine groups is 1. The van der Waals surface area contributed by atoms with E-state index in [1.807, 2.05) is 30.3 Å². The van der Waals surface area contributed by atoms with Crippen LogP contribution in [0.5, 0.6) is 0 Å². The maximum absolute atomic E-state index is 12.9. The largest absolute Gasteiger partial charge is 0.265 e. The summed E-state index contributed by atoms with van der Waals surface area (Å²) in [4.78, 5) is 4.59. The zero-order valence-corrected chi connectivity index (χ0v) is 13.6. The Bertz CT molecular complexity index is 832. The Hall–Kier alpha value is -1.85. The van der Waals surface area contributed by atoms with E-state index in [1.165, 1.54) is 10.4 Å². The molecule has 0 unspecified atom stereocenters. The van der Waals surface area contributed by atoms with Gasteiger partial charge in [-0.15, -0.1) is 0 Å². The van der Waals surface area contributed by atoms with Crippen LogP contribution in [0.2, 0.25) is 5.02 Å². The molecule has 0 saturated heterocycles. The molecule has 0 radical (unpaired) electrons. The SMILES string of the molecule is Cc1cc(S(=O)(=O)N2CCN=C2c2ccccc2)ccc1Cl. The lowest BCUT2D eigenvalue weighted by atomic mass is 10.2. The van der Waals surface area contributed by atoms with Crippen LogP contribution in [-0.4, -0.2) is 31.6 Å². The first-order valence-electron chi connectivity index (χ1n) is 6.89. The Morgan fingerprint density at radius 2 is 1.86 bits per heavy atom. The van der Waals surface area contributed by atoms with Crippen molar-refractivity contribution in [1.29, 1.82) is 0 Å². The molecule has 2 aromatic rings. The van der Waals surface area contributed by atoms with Crippen LogP contribution in [0.15, 0.2) is 58.4 Å². The molecule has 6 heteroatoms. The number of aryl methyl sites for hydroxylation is 1. The van der Waals surface area contributed by atoms with Crippen molar-refractivity contribution in [2.75, 3.05) is 13.1 Å². The lowest BCUT2D eigenvalue weighted by Crippen LogP contribution is -2.34. The summed E-state index contributed by atoms with van der Waals surface area (Å²) in [6.45, 7) is 2.61. The molecule has 0 atom stereocenters. The van der Waals surface area contributed by atoms with Crippen LogP contribution >= 0.6 is 11.6 Å². The third-order valence-corrected chi connectivity index (χ3v) is 5.76. The Morgan fingerprint density at radius 1 is 1.14 bits per heavy atom. The van der Waals surface area contributed by atoms with Crippen LogP contribution in [0, 0.1) is 6.92 Å². The molecule has 0 bridgehead atoms. The highest BCUT2D eigenvalue weighted by molar-refractivity contribution is 7.89. The van der Waals surface area contributed by atoms with Gasteiger partial charge in [-0.2, -0.15) is 0 Å². The van der Waals surface area contributed by atoms with Crippen LogP contribution < -0.4 is 0 Å². The van der Waals surface area contributed by atoms with E-state index >= 15 is 0 Å². The molecular weight excluding hydrogens is 320 g/mol. The lowest BCUT2D eigenvalue weighted by molar-refractivity contribution is 0.538. The highest BCUT2D eigenvalue weighted by Gasteiger charge is 2.31. The number of aliphatic imine (C=N–C) groups is 1. The second-order valence-electron chi connectivity index (χ2n) is 5.06. The molecule has 0 fully saturated rings. The number of rotatable bonds is 3. The van der Waals surface area contributed by atoms with Gasteiger partial charge in [-0.3, -0.25) is 4.99 Å². The standard InChI is InChI=1S/C16H15ClN2O2S/c1-12-11-14(7-8-15(12)17)22(20,21)19-10-9-18-16(19)13-5-3-2-4-6-13/h2-8,11H,9-10H2,1H3. The van der Waals surface area contributed by atoms with Gasteiger partial charge in [0.25, 0.3) is 10.0 Å². The average Bonchev–Trinajstić information content (AvgIpc) is 3.01. The Morgan fingerprint density at radius 3 is 2.55 bits per heavy atom. The minimum Gasteiger partial charge on any atom is -0.265 e. The first-order valence-corrected chi connectivity index (χ1v) is 8.71. The van der Waals surface area contributed by atoms with Gasteiger partial charge >= 0.3 is 0 Å². The van der Waals surface area contributed by atoms with E-state index in [0.717, 1.165) is 11.1 Å². The van der Waals surface area contributed by atoms with Crippen molar-refractivity contribution in [3.8, 4) is 0 Å². The average molecular weight is 335 g/mol. The summed E-state index contributed by atoms with van der Waals surface area (Å²) in [6, 6.07) is 14.1. The summed E-state index contributed by atoms with van der Waals surface area (Å²) in [5.41, 5.74) is 1.54. The van der Waals surface area contributed by atoms with Gasteiger partial charge in [-0.1, -0.05) is 41.9 Å². The molecule has 2 aromatic carbocycles. The highest BCUT2D eigenvalue weighted by atomic mass is 35.5. The predicted octanol–water partition coefficient (Wildman–Crippen LogP) is 3.10. The van der Waals surface area contributed by atoms with Gasteiger partial charge in [0.1, 0.15) is 5.84 Å². The molecule has 0 amide bonds. The third kappa shape index (κ3) is 2.62. The predicted molar refractivity (Wildman–Crippen MR) is 87.9 cm³/mol. The number of hydrogen-bond acceptors (Lipinski definition) is 3. The van der Waals surface area contributed by atoms with E-state index in [1.54, 1.807) is 19.1 Å². The number of benzene rings is 2. The van der Waals surface area contributed by atoms with E-state index in [-0.39, 0.29) is 4.90 Å². The Balaban J connectivity index is 2.02. The van der Waals surface area contributed by atoms with E-state index in [2.05, 4.69) is 4.99 Å². The minimum atomic E-state index is -3.63. The smallest absolute Gasteiger partial charge is 0.265 e. The normalized spacial score (nSPS) is 15.0. The number of nitrogens with zero attached hydrogens (tertiary/aromatic N) is 2. The first-order chi connectivity index (χ1) is 10.5. The van der Waals surface area contributed by atoms with Gasteiger partial charge in [0, 0.05) is 10.6 Å². The number of halogens is 1. The van der Waals surface area contributed by atoms with Crippen molar-refractivity contribution in [2.24, 2.45) is 4.99 Å². The van der Waals surface area contributed by atoms with Crippen molar-refractivity contribution in [1.82, 2.24) is 4.31 Å². The van der Waals surface area contributed by atoms with Crippen LogP contribution in [0.1, 0.15) is 11.1 Å². The molecule has 0 aliphatic carbocycles. The van der Waals surface area contributed by atoms with Gasteiger partial charge in [-0.05, 0) is 30.7 Å². The van der Waals surface area contributed by atoms with Gasteiger partial charge < -0.3 is 0 Å². The summed E-state index contributed by atoms with van der Waals surface area (Å²) in [5.74, 6) is 0.494. The summed E-state index contributed by atoms with van der Waals surface area (Å²) in [6.07, 6.45) is 0. The number of hydrogen-bond donors (Lipinski definition) is 0. The molecule has 0 N–H and O–H groups in total. The molecule has 1 aliphatic rings. The van der Waals surface area contributed by atoms with Crippen molar-refractivity contribution in [2.45, 2.75) is 11.8 Å². The second kappa shape index (κ2) is 5.74. The van der Waals surface area contributed by atoms with Crippen molar-refractivity contribution >= 4 is 27.5 Å². The van der Waals surface area contributed by atoms with Crippen LogP contribution in [-0.2, 0) is 10.0 Å². The van der Waals surface area contributed by atoms with E-state index < -0.39 is 10.0 Å².